The van der Waals surface area contributed by atoms with E-state index in [4.69, 9.17) is 9.47 Å². The van der Waals surface area contributed by atoms with Crippen LogP contribution in [0.15, 0.2) is 30.4 Å². The molecule has 0 bridgehead atoms. The van der Waals surface area contributed by atoms with Gasteiger partial charge in [0.15, 0.2) is 11.5 Å². The van der Waals surface area contributed by atoms with Gasteiger partial charge in [-0.15, -0.1) is 0 Å². The number of methoxy groups -OCH3 is 1. The second kappa shape index (κ2) is 8.19. The van der Waals surface area contributed by atoms with Crippen molar-refractivity contribution < 1.29 is 14.3 Å². The summed E-state index contributed by atoms with van der Waals surface area (Å²) in [4.78, 5) is 11.9. The van der Waals surface area contributed by atoms with E-state index in [1.807, 2.05) is 26.0 Å². The third-order valence-electron chi connectivity index (χ3n) is 2.56. The van der Waals surface area contributed by atoms with Crippen LogP contribution in [0.1, 0.15) is 30.6 Å². The highest BCUT2D eigenvalue weighted by atomic mass is 16.5. The fraction of sp³-hybridized carbons (Fsp3) is 0.400. The number of carbonyl (C=O) groups excluding carboxylic acids is 1. The number of amides is 1. The Kier molecular flexibility index (Phi) is 6.50. The van der Waals surface area contributed by atoms with E-state index in [0.29, 0.717) is 30.2 Å². The molecule has 1 rings (SSSR count). The van der Waals surface area contributed by atoms with Crippen molar-refractivity contribution in [1.29, 1.82) is 0 Å². The van der Waals surface area contributed by atoms with Crippen molar-refractivity contribution in [2.45, 2.75) is 20.3 Å². The van der Waals surface area contributed by atoms with E-state index < -0.39 is 0 Å². The van der Waals surface area contributed by atoms with Gasteiger partial charge in [0.25, 0.3) is 5.91 Å². The van der Waals surface area contributed by atoms with Crippen molar-refractivity contribution in [2.75, 3.05) is 20.3 Å². The first-order valence-electron chi connectivity index (χ1n) is 6.43. The molecular formula is C15H21NO3. The molecule has 0 heterocycles. The Balaban J connectivity index is 2.69. The van der Waals surface area contributed by atoms with Crippen LogP contribution < -0.4 is 14.8 Å². The summed E-state index contributed by atoms with van der Waals surface area (Å²) < 4.78 is 10.6. The van der Waals surface area contributed by atoms with Gasteiger partial charge >= 0.3 is 0 Å². The zero-order chi connectivity index (χ0) is 14.1. The Morgan fingerprint density at radius 1 is 1.37 bits per heavy atom. The van der Waals surface area contributed by atoms with E-state index >= 15 is 0 Å². The first-order chi connectivity index (χ1) is 9.22. The minimum absolute atomic E-state index is 0.106. The largest absolute Gasteiger partial charge is 0.493 e. The number of rotatable bonds is 7. The summed E-state index contributed by atoms with van der Waals surface area (Å²) in [6, 6.07) is 5.18. The van der Waals surface area contributed by atoms with Gasteiger partial charge in [-0.1, -0.05) is 12.2 Å². The van der Waals surface area contributed by atoms with Crippen LogP contribution in [0.3, 0.4) is 0 Å². The van der Waals surface area contributed by atoms with E-state index in [0.717, 1.165) is 6.42 Å². The van der Waals surface area contributed by atoms with Gasteiger partial charge in [0.2, 0.25) is 0 Å². The average molecular weight is 263 g/mol. The molecule has 0 saturated heterocycles. The second-order valence-electron chi connectivity index (χ2n) is 3.91. The standard InChI is InChI=1S/C15H21NO3/c1-4-6-7-10-16-15(17)12-8-9-13(19-5-2)14(11-12)18-3/h4,6,8-9,11H,5,7,10H2,1-3H3,(H,16,17)/b6-4+. The molecule has 0 unspecified atom stereocenters. The monoisotopic (exact) mass is 263 g/mol. The summed E-state index contributed by atoms with van der Waals surface area (Å²) in [5.74, 6) is 1.12. The van der Waals surface area contributed by atoms with Gasteiger partial charge in [0.1, 0.15) is 0 Å². The molecule has 0 aliphatic carbocycles. The Labute approximate surface area is 114 Å². The Hall–Kier alpha value is -1.97. The molecule has 1 amide bonds. The van der Waals surface area contributed by atoms with E-state index in [1.54, 1.807) is 25.3 Å². The maximum absolute atomic E-state index is 11.9. The third-order valence-corrected chi connectivity index (χ3v) is 2.56. The molecule has 0 aromatic heterocycles. The van der Waals surface area contributed by atoms with E-state index in [-0.39, 0.29) is 5.91 Å². The number of allylic oxidation sites excluding steroid dienone is 1. The van der Waals surface area contributed by atoms with E-state index in [2.05, 4.69) is 5.32 Å². The molecule has 1 aromatic rings. The number of ether oxygens (including phenoxy) is 2. The lowest BCUT2D eigenvalue weighted by Gasteiger charge is -2.11. The molecular weight excluding hydrogens is 242 g/mol. The minimum atomic E-state index is -0.106. The highest BCUT2D eigenvalue weighted by Gasteiger charge is 2.10. The van der Waals surface area contributed by atoms with Crippen LogP contribution in [0.2, 0.25) is 0 Å². The van der Waals surface area contributed by atoms with E-state index in [9.17, 15) is 4.79 Å². The quantitative estimate of drug-likeness (QED) is 0.608. The molecule has 19 heavy (non-hydrogen) atoms. The molecule has 0 aliphatic heterocycles. The van der Waals surface area contributed by atoms with Crippen LogP contribution in [-0.2, 0) is 0 Å². The Bertz CT molecular complexity index is 441. The third kappa shape index (κ3) is 4.66. The lowest BCUT2D eigenvalue weighted by atomic mass is 10.2. The van der Waals surface area contributed by atoms with Crippen LogP contribution in [0.5, 0.6) is 11.5 Å². The molecule has 0 atom stereocenters. The van der Waals surface area contributed by atoms with Gasteiger partial charge in [-0.05, 0) is 38.5 Å². The molecule has 0 saturated carbocycles. The predicted molar refractivity (Wildman–Crippen MR) is 75.9 cm³/mol. The molecule has 0 radical (unpaired) electrons. The molecule has 1 N–H and O–H groups in total. The molecule has 104 valence electrons. The Morgan fingerprint density at radius 2 is 2.16 bits per heavy atom. The van der Waals surface area contributed by atoms with Gasteiger partial charge in [-0.25, -0.2) is 0 Å². The normalized spacial score (nSPS) is 10.5. The van der Waals surface area contributed by atoms with Crippen LogP contribution in [0, 0.1) is 0 Å². The van der Waals surface area contributed by atoms with Crippen molar-refractivity contribution in [3.05, 3.63) is 35.9 Å². The molecule has 0 fully saturated rings. The SMILES string of the molecule is C/C=C/CCNC(=O)c1ccc(OCC)c(OC)c1. The van der Waals surface area contributed by atoms with Crippen LogP contribution in [0.4, 0.5) is 0 Å². The average Bonchev–Trinajstić information content (AvgIpc) is 2.44. The van der Waals surface area contributed by atoms with Gasteiger partial charge in [0, 0.05) is 12.1 Å². The lowest BCUT2D eigenvalue weighted by molar-refractivity contribution is 0.0954. The van der Waals surface area contributed by atoms with E-state index in [1.165, 1.54) is 0 Å². The fourth-order valence-electron chi connectivity index (χ4n) is 1.62. The number of nitrogens with one attached hydrogen (secondary N) is 1. The van der Waals surface area contributed by atoms with Crippen molar-refractivity contribution in [3.8, 4) is 11.5 Å². The predicted octanol–water partition coefficient (Wildman–Crippen LogP) is 2.79. The molecule has 4 heteroatoms. The maximum atomic E-state index is 11.9. The van der Waals surface area contributed by atoms with Crippen LogP contribution >= 0.6 is 0 Å². The van der Waals surface area contributed by atoms with Crippen molar-refractivity contribution in [3.63, 3.8) is 0 Å². The van der Waals surface area contributed by atoms with Crippen LogP contribution in [-0.4, -0.2) is 26.2 Å². The van der Waals surface area contributed by atoms with Gasteiger partial charge in [-0.3, -0.25) is 4.79 Å². The summed E-state index contributed by atoms with van der Waals surface area (Å²) in [6.07, 6.45) is 4.81. The number of hydrogen-bond donors (Lipinski definition) is 1. The number of carbonyl (C=O) groups is 1. The summed E-state index contributed by atoms with van der Waals surface area (Å²) in [6.45, 7) is 5.05. The second-order valence-corrected chi connectivity index (χ2v) is 3.91. The first-order valence-corrected chi connectivity index (χ1v) is 6.43. The zero-order valence-electron chi connectivity index (χ0n) is 11.7. The summed E-state index contributed by atoms with van der Waals surface area (Å²) in [5.41, 5.74) is 0.570. The molecule has 0 spiro atoms. The fourth-order valence-corrected chi connectivity index (χ4v) is 1.62. The van der Waals surface area contributed by atoms with Crippen molar-refractivity contribution in [2.24, 2.45) is 0 Å². The Morgan fingerprint density at radius 3 is 2.79 bits per heavy atom. The summed E-state index contributed by atoms with van der Waals surface area (Å²) in [7, 11) is 1.56. The van der Waals surface area contributed by atoms with Gasteiger partial charge in [0.05, 0.1) is 13.7 Å². The number of hydrogen-bond acceptors (Lipinski definition) is 3. The van der Waals surface area contributed by atoms with Crippen LogP contribution in [0.25, 0.3) is 0 Å². The molecule has 1 aromatic carbocycles. The summed E-state index contributed by atoms with van der Waals surface area (Å²) in [5, 5.41) is 2.85. The lowest BCUT2D eigenvalue weighted by Crippen LogP contribution is -2.24. The van der Waals surface area contributed by atoms with Crippen molar-refractivity contribution >= 4 is 5.91 Å². The first kappa shape index (κ1) is 15.1. The maximum Gasteiger partial charge on any atom is 0.251 e. The zero-order valence-corrected chi connectivity index (χ0v) is 11.7. The van der Waals surface area contributed by atoms with Crippen molar-refractivity contribution in [1.82, 2.24) is 5.32 Å². The molecule has 0 aliphatic rings. The topological polar surface area (TPSA) is 47.6 Å². The highest BCUT2D eigenvalue weighted by Crippen LogP contribution is 2.27. The summed E-state index contributed by atoms with van der Waals surface area (Å²) >= 11 is 0. The van der Waals surface area contributed by atoms with Gasteiger partial charge < -0.3 is 14.8 Å². The van der Waals surface area contributed by atoms with Gasteiger partial charge in [-0.2, -0.15) is 0 Å². The number of benzene rings is 1. The smallest absolute Gasteiger partial charge is 0.251 e. The molecule has 4 nitrogen and oxygen atoms in total. The highest BCUT2D eigenvalue weighted by molar-refractivity contribution is 5.94. The minimum Gasteiger partial charge on any atom is -0.493 e.